The summed E-state index contributed by atoms with van der Waals surface area (Å²) in [6, 6.07) is 13.1. The number of nitrogens with one attached hydrogen (secondary N) is 2. The molecular weight excluding hydrogens is 511 g/mol. The van der Waals surface area contributed by atoms with Crippen molar-refractivity contribution in [3.63, 3.8) is 0 Å². The summed E-state index contributed by atoms with van der Waals surface area (Å²) in [6.45, 7) is 8.15. The van der Waals surface area contributed by atoms with Gasteiger partial charge >= 0.3 is 12.2 Å². The van der Waals surface area contributed by atoms with E-state index in [1.54, 1.807) is 10.7 Å². The minimum atomic E-state index is -4.55. The number of carbonyl (C=O) groups is 2. The van der Waals surface area contributed by atoms with Crippen LogP contribution in [0.25, 0.3) is 5.69 Å². The lowest BCUT2D eigenvalue weighted by atomic mass is 9.92. The van der Waals surface area contributed by atoms with Crippen molar-refractivity contribution in [2.45, 2.75) is 45.7 Å². The third-order valence-corrected chi connectivity index (χ3v) is 5.86. The average molecular weight is 546 g/mol. The molecular formula is C28H34F3N5O3. The second-order valence-electron chi connectivity index (χ2n) is 10.2. The van der Waals surface area contributed by atoms with Crippen molar-refractivity contribution in [1.29, 1.82) is 0 Å². The number of benzene rings is 2. The Morgan fingerprint density at radius 3 is 2.33 bits per heavy atom. The second kappa shape index (κ2) is 12.3. The highest BCUT2D eigenvalue weighted by atomic mass is 19.4. The molecule has 8 nitrogen and oxygen atoms in total. The largest absolute Gasteiger partial charge is 0.416 e. The van der Waals surface area contributed by atoms with Gasteiger partial charge in [-0.3, -0.25) is 4.79 Å². The number of amides is 3. The number of nitrogens with zero attached hydrogens (tertiary/aromatic N) is 3. The third-order valence-electron chi connectivity index (χ3n) is 5.86. The molecule has 11 heteroatoms. The maximum Gasteiger partial charge on any atom is 0.416 e. The number of ether oxygens (including phenoxy) is 1. The summed E-state index contributed by atoms with van der Waals surface area (Å²) in [7, 11) is 1.51. The Balaban J connectivity index is 1.81. The van der Waals surface area contributed by atoms with E-state index in [9.17, 15) is 22.8 Å². The number of halogens is 3. The molecule has 0 unspecified atom stereocenters. The Hall–Kier alpha value is -3.86. The molecule has 0 atom stereocenters. The first kappa shape index (κ1) is 29.7. The van der Waals surface area contributed by atoms with Gasteiger partial charge in [-0.1, -0.05) is 44.5 Å². The van der Waals surface area contributed by atoms with Gasteiger partial charge in [-0.2, -0.15) is 18.3 Å². The number of carbonyl (C=O) groups excluding carboxylic acids is 2. The van der Waals surface area contributed by atoms with E-state index in [-0.39, 0.29) is 24.2 Å². The van der Waals surface area contributed by atoms with E-state index >= 15 is 0 Å². The van der Waals surface area contributed by atoms with Crippen molar-refractivity contribution in [3.05, 3.63) is 71.4 Å². The summed E-state index contributed by atoms with van der Waals surface area (Å²) in [5.74, 6) is -0.0516. The highest BCUT2D eigenvalue weighted by Crippen LogP contribution is 2.31. The molecule has 39 heavy (non-hydrogen) atoms. The highest BCUT2D eigenvalue weighted by molar-refractivity contribution is 5.96. The SMILES string of the molecule is COCCCN(CC(=O)Nc1cc(C(C)(C)C)nn1-c1ccc(C)cc1)C(=O)Nc1cccc(C(F)(F)F)c1. The maximum absolute atomic E-state index is 13.1. The summed E-state index contributed by atoms with van der Waals surface area (Å²) >= 11 is 0. The number of hydrogen-bond acceptors (Lipinski definition) is 4. The number of anilines is 2. The van der Waals surface area contributed by atoms with Gasteiger partial charge in [0.1, 0.15) is 12.4 Å². The lowest BCUT2D eigenvalue weighted by Crippen LogP contribution is -2.41. The Bertz CT molecular complexity index is 1280. The fourth-order valence-electron chi connectivity index (χ4n) is 3.70. The Morgan fingerprint density at radius 1 is 1.03 bits per heavy atom. The van der Waals surface area contributed by atoms with Gasteiger partial charge in [0.2, 0.25) is 5.91 Å². The summed E-state index contributed by atoms with van der Waals surface area (Å²) in [4.78, 5) is 27.4. The molecule has 0 spiro atoms. The van der Waals surface area contributed by atoms with E-state index in [2.05, 4.69) is 10.6 Å². The zero-order valence-electron chi connectivity index (χ0n) is 22.7. The molecule has 0 bridgehead atoms. The van der Waals surface area contributed by atoms with Crippen molar-refractivity contribution in [1.82, 2.24) is 14.7 Å². The first-order valence-electron chi connectivity index (χ1n) is 12.5. The predicted octanol–water partition coefficient (Wildman–Crippen LogP) is 6.01. The number of hydrogen-bond donors (Lipinski definition) is 2. The van der Waals surface area contributed by atoms with E-state index < -0.39 is 23.7 Å². The summed E-state index contributed by atoms with van der Waals surface area (Å²) < 4.78 is 46.0. The van der Waals surface area contributed by atoms with Gasteiger partial charge in [-0.15, -0.1) is 0 Å². The van der Waals surface area contributed by atoms with E-state index in [1.807, 2.05) is 52.0 Å². The van der Waals surface area contributed by atoms with Crippen LogP contribution in [0, 0.1) is 6.92 Å². The fourth-order valence-corrected chi connectivity index (χ4v) is 3.70. The van der Waals surface area contributed by atoms with Gasteiger partial charge in [0.05, 0.1) is 16.9 Å². The quantitative estimate of drug-likeness (QED) is 0.323. The molecule has 0 aliphatic carbocycles. The number of urea groups is 1. The number of rotatable bonds is 9. The minimum Gasteiger partial charge on any atom is -0.385 e. The van der Waals surface area contributed by atoms with Gasteiger partial charge in [-0.25, -0.2) is 9.48 Å². The zero-order valence-corrected chi connectivity index (χ0v) is 22.7. The molecule has 0 radical (unpaired) electrons. The van der Waals surface area contributed by atoms with Crippen LogP contribution in [-0.2, 0) is 21.1 Å². The number of aromatic nitrogens is 2. The van der Waals surface area contributed by atoms with E-state index in [1.165, 1.54) is 24.1 Å². The van der Waals surface area contributed by atoms with E-state index in [0.29, 0.717) is 18.8 Å². The lowest BCUT2D eigenvalue weighted by molar-refractivity contribution is -0.137. The van der Waals surface area contributed by atoms with Crippen LogP contribution in [0.2, 0.25) is 0 Å². The van der Waals surface area contributed by atoms with E-state index in [0.717, 1.165) is 29.1 Å². The molecule has 3 aromatic rings. The molecule has 1 heterocycles. The van der Waals surface area contributed by atoms with Gasteiger partial charge in [0.15, 0.2) is 0 Å². The average Bonchev–Trinajstić information content (AvgIpc) is 3.28. The Labute approximate surface area is 226 Å². The smallest absolute Gasteiger partial charge is 0.385 e. The van der Waals surface area contributed by atoms with Crippen LogP contribution in [-0.4, -0.2) is 53.4 Å². The normalized spacial score (nSPS) is 11.8. The van der Waals surface area contributed by atoms with Crippen LogP contribution in [0.15, 0.2) is 54.6 Å². The van der Waals surface area contributed by atoms with Crippen LogP contribution in [0.5, 0.6) is 0 Å². The first-order valence-corrected chi connectivity index (χ1v) is 12.5. The van der Waals surface area contributed by atoms with Crippen LogP contribution < -0.4 is 10.6 Å². The van der Waals surface area contributed by atoms with Crippen molar-refractivity contribution >= 4 is 23.4 Å². The van der Waals surface area contributed by atoms with Crippen molar-refractivity contribution < 1.29 is 27.5 Å². The van der Waals surface area contributed by atoms with E-state index in [4.69, 9.17) is 9.84 Å². The van der Waals surface area contributed by atoms with Gasteiger partial charge < -0.3 is 20.3 Å². The summed E-state index contributed by atoms with van der Waals surface area (Å²) in [5.41, 5.74) is 1.39. The van der Waals surface area contributed by atoms with Crippen molar-refractivity contribution in [2.24, 2.45) is 0 Å². The Kier molecular flexibility index (Phi) is 9.39. The second-order valence-corrected chi connectivity index (χ2v) is 10.2. The molecule has 3 rings (SSSR count). The molecule has 0 saturated carbocycles. The molecule has 0 fully saturated rings. The molecule has 2 N–H and O–H groups in total. The molecule has 2 aromatic carbocycles. The standard InChI is InChI=1S/C28H34F3N5O3/c1-19-10-12-22(13-11-19)36-24(17-23(34-36)27(2,3)4)33-25(37)18-35(14-7-15-39-5)26(38)32-21-9-6-8-20(16-21)28(29,30)31/h6,8-13,16-17H,7,14-15,18H2,1-5H3,(H,32,38)(H,33,37). The molecule has 210 valence electrons. The highest BCUT2D eigenvalue weighted by Gasteiger charge is 2.31. The van der Waals surface area contributed by atoms with Crippen LogP contribution in [0.4, 0.5) is 29.5 Å². The zero-order chi connectivity index (χ0) is 28.8. The number of methoxy groups -OCH3 is 1. The van der Waals surface area contributed by atoms with Crippen LogP contribution in [0.1, 0.15) is 44.0 Å². The summed E-state index contributed by atoms with van der Waals surface area (Å²) in [6.07, 6.45) is -4.12. The molecule has 3 amide bonds. The topological polar surface area (TPSA) is 88.5 Å². The Morgan fingerprint density at radius 2 is 1.72 bits per heavy atom. The van der Waals surface area contributed by atoms with Crippen molar-refractivity contribution in [2.75, 3.05) is 37.4 Å². The summed E-state index contributed by atoms with van der Waals surface area (Å²) in [5, 5.41) is 10.0. The maximum atomic E-state index is 13.1. The lowest BCUT2D eigenvalue weighted by Gasteiger charge is -2.23. The van der Waals surface area contributed by atoms with Gasteiger partial charge in [0.25, 0.3) is 0 Å². The predicted molar refractivity (Wildman–Crippen MR) is 144 cm³/mol. The monoisotopic (exact) mass is 545 g/mol. The first-order chi connectivity index (χ1) is 18.3. The molecule has 0 aliphatic rings. The van der Waals surface area contributed by atoms with Crippen molar-refractivity contribution in [3.8, 4) is 5.69 Å². The third kappa shape index (κ3) is 8.31. The van der Waals surface area contributed by atoms with Crippen LogP contribution >= 0.6 is 0 Å². The molecule has 0 saturated heterocycles. The number of aryl methyl sites for hydroxylation is 1. The molecule has 0 aliphatic heterocycles. The van der Waals surface area contributed by atoms with Gasteiger partial charge in [0, 0.05) is 37.4 Å². The minimum absolute atomic E-state index is 0.0285. The van der Waals surface area contributed by atoms with Gasteiger partial charge in [-0.05, 0) is 43.7 Å². The van der Waals surface area contributed by atoms with Crippen LogP contribution in [0.3, 0.4) is 0 Å². The fraction of sp³-hybridized carbons (Fsp3) is 0.393. The number of alkyl halides is 3. The molecule has 1 aromatic heterocycles.